The summed E-state index contributed by atoms with van der Waals surface area (Å²) in [4.78, 5) is 6.80. The summed E-state index contributed by atoms with van der Waals surface area (Å²) in [6.07, 6.45) is 2.93. The molecule has 4 nitrogen and oxygen atoms in total. The molecule has 0 amide bonds. The standard InChI is InChI=1S/C15H19N3O/c1-16-14-5-6-17-15-4-3-12(11-13(14)15)18-7-2-9-19-10-8-18/h3-6,11H,2,7-10H2,1H3,(H,16,17). The number of nitrogens with one attached hydrogen (secondary N) is 1. The molecule has 100 valence electrons. The second-order valence-corrected chi connectivity index (χ2v) is 4.76. The molecule has 1 aromatic carbocycles. The third-order valence-corrected chi connectivity index (χ3v) is 3.58. The Labute approximate surface area is 113 Å². The molecule has 0 aliphatic carbocycles. The molecule has 2 heterocycles. The Balaban J connectivity index is 1.99. The first-order valence-electron chi connectivity index (χ1n) is 6.78. The molecule has 1 N–H and O–H groups in total. The van der Waals surface area contributed by atoms with Crippen molar-refractivity contribution < 1.29 is 4.74 Å². The van der Waals surface area contributed by atoms with Crippen molar-refractivity contribution in [2.24, 2.45) is 0 Å². The number of ether oxygens (including phenoxy) is 1. The summed E-state index contributed by atoms with van der Waals surface area (Å²) in [6.45, 7) is 3.69. The van der Waals surface area contributed by atoms with Crippen molar-refractivity contribution in [3.8, 4) is 0 Å². The summed E-state index contributed by atoms with van der Waals surface area (Å²) in [5.74, 6) is 0. The van der Waals surface area contributed by atoms with Crippen LogP contribution in [0.25, 0.3) is 10.9 Å². The third-order valence-electron chi connectivity index (χ3n) is 3.58. The fraction of sp³-hybridized carbons (Fsp3) is 0.400. The van der Waals surface area contributed by atoms with E-state index >= 15 is 0 Å². The van der Waals surface area contributed by atoms with E-state index in [1.54, 1.807) is 0 Å². The van der Waals surface area contributed by atoms with E-state index in [0.717, 1.165) is 43.9 Å². The van der Waals surface area contributed by atoms with Crippen LogP contribution < -0.4 is 10.2 Å². The van der Waals surface area contributed by atoms with Crippen molar-refractivity contribution in [2.75, 3.05) is 43.6 Å². The van der Waals surface area contributed by atoms with E-state index in [9.17, 15) is 0 Å². The monoisotopic (exact) mass is 257 g/mol. The Morgan fingerprint density at radius 3 is 3.05 bits per heavy atom. The molecule has 0 spiro atoms. The van der Waals surface area contributed by atoms with E-state index in [2.05, 4.69) is 33.4 Å². The fourth-order valence-electron chi connectivity index (χ4n) is 2.55. The van der Waals surface area contributed by atoms with Crippen LogP contribution in [0.2, 0.25) is 0 Å². The quantitative estimate of drug-likeness (QED) is 0.897. The first-order chi connectivity index (χ1) is 9.38. The lowest BCUT2D eigenvalue weighted by Gasteiger charge is -2.22. The first-order valence-corrected chi connectivity index (χ1v) is 6.78. The number of rotatable bonds is 2. The van der Waals surface area contributed by atoms with E-state index in [0.29, 0.717) is 0 Å². The van der Waals surface area contributed by atoms with Gasteiger partial charge in [-0.25, -0.2) is 0 Å². The Kier molecular flexibility index (Phi) is 3.51. The van der Waals surface area contributed by atoms with Gasteiger partial charge in [0, 0.05) is 49.7 Å². The van der Waals surface area contributed by atoms with Crippen molar-refractivity contribution in [3.63, 3.8) is 0 Å². The number of benzene rings is 1. The highest BCUT2D eigenvalue weighted by Gasteiger charge is 2.11. The maximum atomic E-state index is 5.51. The predicted octanol–water partition coefficient (Wildman–Crippen LogP) is 2.50. The van der Waals surface area contributed by atoms with Gasteiger partial charge in [-0.3, -0.25) is 4.98 Å². The molecule has 1 aliphatic heterocycles. The number of hydrogen-bond donors (Lipinski definition) is 1. The average Bonchev–Trinajstić information content (AvgIpc) is 2.75. The van der Waals surface area contributed by atoms with E-state index in [4.69, 9.17) is 4.74 Å². The molecule has 1 fully saturated rings. The Morgan fingerprint density at radius 2 is 2.16 bits per heavy atom. The van der Waals surface area contributed by atoms with Crippen LogP contribution in [-0.4, -0.2) is 38.3 Å². The number of hydrogen-bond acceptors (Lipinski definition) is 4. The number of nitrogens with zero attached hydrogens (tertiary/aromatic N) is 2. The number of anilines is 2. The predicted molar refractivity (Wildman–Crippen MR) is 78.9 cm³/mol. The van der Waals surface area contributed by atoms with E-state index < -0.39 is 0 Å². The summed E-state index contributed by atoms with van der Waals surface area (Å²) in [6, 6.07) is 8.48. The van der Waals surface area contributed by atoms with Crippen molar-refractivity contribution in [1.82, 2.24) is 4.98 Å². The third kappa shape index (κ3) is 2.49. The molecule has 1 aliphatic rings. The molecular weight excluding hydrogens is 238 g/mol. The van der Waals surface area contributed by atoms with Crippen LogP contribution in [-0.2, 0) is 4.74 Å². The summed E-state index contributed by atoms with van der Waals surface area (Å²) < 4.78 is 5.51. The maximum Gasteiger partial charge on any atom is 0.0724 e. The van der Waals surface area contributed by atoms with Gasteiger partial charge in [0.15, 0.2) is 0 Å². The minimum Gasteiger partial charge on any atom is -0.388 e. The van der Waals surface area contributed by atoms with Crippen molar-refractivity contribution >= 4 is 22.3 Å². The van der Waals surface area contributed by atoms with Crippen LogP contribution in [0.4, 0.5) is 11.4 Å². The average molecular weight is 257 g/mol. The van der Waals surface area contributed by atoms with Gasteiger partial charge in [0.1, 0.15) is 0 Å². The molecule has 0 bridgehead atoms. The van der Waals surface area contributed by atoms with Crippen LogP contribution in [0.3, 0.4) is 0 Å². The molecule has 4 heteroatoms. The molecule has 0 radical (unpaired) electrons. The van der Waals surface area contributed by atoms with Crippen LogP contribution in [0.5, 0.6) is 0 Å². The highest BCUT2D eigenvalue weighted by molar-refractivity contribution is 5.93. The van der Waals surface area contributed by atoms with E-state index in [1.165, 1.54) is 11.1 Å². The lowest BCUT2D eigenvalue weighted by atomic mass is 10.1. The second-order valence-electron chi connectivity index (χ2n) is 4.76. The van der Waals surface area contributed by atoms with Crippen LogP contribution in [0.15, 0.2) is 30.5 Å². The zero-order valence-electron chi connectivity index (χ0n) is 11.2. The minimum atomic E-state index is 0.809. The van der Waals surface area contributed by atoms with Gasteiger partial charge < -0.3 is 15.0 Å². The van der Waals surface area contributed by atoms with Crippen LogP contribution >= 0.6 is 0 Å². The molecule has 0 atom stereocenters. The van der Waals surface area contributed by atoms with Crippen molar-refractivity contribution in [2.45, 2.75) is 6.42 Å². The summed E-state index contributed by atoms with van der Waals surface area (Å²) in [5, 5.41) is 4.40. The Bertz CT molecular complexity index is 562. The summed E-state index contributed by atoms with van der Waals surface area (Å²) in [7, 11) is 1.95. The minimum absolute atomic E-state index is 0.809. The molecule has 0 unspecified atom stereocenters. The lowest BCUT2D eigenvalue weighted by molar-refractivity contribution is 0.152. The van der Waals surface area contributed by atoms with Gasteiger partial charge in [-0.15, -0.1) is 0 Å². The lowest BCUT2D eigenvalue weighted by Crippen LogP contribution is -2.25. The Morgan fingerprint density at radius 1 is 1.21 bits per heavy atom. The number of fused-ring (bicyclic) bond motifs is 1. The summed E-state index contributed by atoms with van der Waals surface area (Å²) in [5.41, 5.74) is 3.40. The van der Waals surface area contributed by atoms with Crippen molar-refractivity contribution in [1.29, 1.82) is 0 Å². The molecule has 1 aromatic heterocycles. The van der Waals surface area contributed by atoms with Gasteiger partial charge in [-0.1, -0.05) is 0 Å². The molecule has 0 saturated carbocycles. The molecule has 1 saturated heterocycles. The maximum absolute atomic E-state index is 5.51. The molecule has 19 heavy (non-hydrogen) atoms. The van der Waals surface area contributed by atoms with Gasteiger partial charge in [-0.2, -0.15) is 0 Å². The fourth-order valence-corrected chi connectivity index (χ4v) is 2.55. The van der Waals surface area contributed by atoms with Crippen LogP contribution in [0.1, 0.15) is 6.42 Å². The zero-order chi connectivity index (χ0) is 13.1. The van der Waals surface area contributed by atoms with Crippen molar-refractivity contribution in [3.05, 3.63) is 30.5 Å². The number of aromatic nitrogens is 1. The zero-order valence-corrected chi connectivity index (χ0v) is 11.2. The van der Waals surface area contributed by atoms with Gasteiger partial charge >= 0.3 is 0 Å². The van der Waals surface area contributed by atoms with E-state index in [1.807, 2.05) is 19.3 Å². The molecule has 3 rings (SSSR count). The smallest absolute Gasteiger partial charge is 0.0724 e. The topological polar surface area (TPSA) is 37.4 Å². The van der Waals surface area contributed by atoms with Gasteiger partial charge in [0.2, 0.25) is 0 Å². The van der Waals surface area contributed by atoms with Gasteiger partial charge in [-0.05, 0) is 30.7 Å². The Hall–Kier alpha value is -1.81. The van der Waals surface area contributed by atoms with Gasteiger partial charge in [0.25, 0.3) is 0 Å². The molecular formula is C15H19N3O. The number of pyridine rings is 1. The molecule has 2 aromatic rings. The SMILES string of the molecule is CNc1ccnc2ccc(N3CCCOCC3)cc12. The summed E-state index contributed by atoms with van der Waals surface area (Å²) >= 11 is 0. The second kappa shape index (κ2) is 5.45. The highest BCUT2D eigenvalue weighted by atomic mass is 16.5. The highest BCUT2D eigenvalue weighted by Crippen LogP contribution is 2.26. The van der Waals surface area contributed by atoms with E-state index in [-0.39, 0.29) is 0 Å². The van der Waals surface area contributed by atoms with Crippen LogP contribution in [0, 0.1) is 0 Å². The van der Waals surface area contributed by atoms with Gasteiger partial charge in [0.05, 0.1) is 12.1 Å². The largest absolute Gasteiger partial charge is 0.388 e. The first kappa shape index (κ1) is 12.2. The normalized spacial score (nSPS) is 16.4.